The first kappa shape index (κ1) is 39.9. The van der Waals surface area contributed by atoms with Gasteiger partial charge in [0.2, 0.25) is 0 Å². The molecule has 54 heavy (non-hydrogen) atoms. The van der Waals surface area contributed by atoms with Gasteiger partial charge >= 0.3 is 0 Å². The lowest BCUT2D eigenvalue weighted by atomic mass is 10.2. The van der Waals surface area contributed by atoms with Crippen molar-refractivity contribution in [2.75, 3.05) is 42.5 Å². The quantitative estimate of drug-likeness (QED) is 0.0456. The minimum atomic E-state index is 0. The second-order valence-corrected chi connectivity index (χ2v) is 13.7. The Balaban J connectivity index is 0.000000204. The van der Waals surface area contributed by atoms with E-state index < -0.39 is 0 Å². The van der Waals surface area contributed by atoms with Crippen LogP contribution in [-0.2, 0) is 26.2 Å². The van der Waals surface area contributed by atoms with Crippen molar-refractivity contribution in [2.45, 2.75) is 31.1 Å². The molecule has 7 rings (SSSR count). The van der Waals surface area contributed by atoms with Gasteiger partial charge in [-0.25, -0.2) is 4.98 Å². The highest BCUT2D eigenvalue weighted by atomic mass is 32.1. The fraction of sp³-hybridized carbons (Fsp3) is 0.195. The van der Waals surface area contributed by atoms with Crippen LogP contribution in [0.4, 0.5) is 17.1 Å². The van der Waals surface area contributed by atoms with Crippen LogP contribution in [0.2, 0.25) is 0 Å². The van der Waals surface area contributed by atoms with Crippen molar-refractivity contribution in [3.63, 3.8) is 0 Å². The number of thiol groups is 1. The van der Waals surface area contributed by atoms with Gasteiger partial charge in [-0.05, 0) is 84.9 Å². The molecular formula is C41H44BN10S2. The van der Waals surface area contributed by atoms with Crippen LogP contribution in [-0.4, -0.2) is 69.3 Å². The van der Waals surface area contributed by atoms with Crippen LogP contribution in [0.1, 0.15) is 22.8 Å². The Morgan fingerprint density at radius 1 is 0.556 bits per heavy atom. The van der Waals surface area contributed by atoms with Gasteiger partial charge in [-0.15, -0.1) is 24.0 Å². The number of fused-ring (bicyclic) bond motifs is 1. The highest BCUT2D eigenvalue weighted by Crippen LogP contribution is 2.22. The molecule has 0 aliphatic carbocycles. The monoisotopic (exact) mass is 751 g/mol. The fourth-order valence-electron chi connectivity index (χ4n) is 5.65. The first-order valence-electron chi connectivity index (χ1n) is 17.5. The summed E-state index contributed by atoms with van der Waals surface area (Å²) in [6.07, 6.45) is 7.35. The molecule has 0 bridgehead atoms. The lowest BCUT2D eigenvalue weighted by molar-refractivity contribution is 0.261. The standard InChI is InChI=1S/C21H21N5S.C20H23N5S.B/c1-3-9-22-18(5-1)14-26(15-19-6-2-4-10-23-19)12-11-24-17-7-8-20-21(13-17)27-16-25-20;21-19-8-7-16(13-20(19)26)24-11-12-25(14-17-5-1-3-9-22-17)15-18-6-2-4-10-23-18;/h1-10,13,16,24H,11-12,14-15H2;1-10,13,24,26H,11-12,14-15,21H2;. The summed E-state index contributed by atoms with van der Waals surface area (Å²) in [7, 11) is 0. The minimum Gasteiger partial charge on any atom is -0.398 e. The van der Waals surface area contributed by atoms with Crippen molar-refractivity contribution in [2.24, 2.45) is 0 Å². The Morgan fingerprint density at radius 3 is 1.43 bits per heavy atom. The van der Waals surface area contributed by atoms with Crippen LogP contribution in [0.25, 0.3) is 10.2 Å². The number of benzene rings is 2. The molecule has 0 saturated carbocycles. The molecule has 0 saturated heterocycles. The van der Waals surface area contributed by atoms with Crippen LogP contribution in [0, 0.1) is 0 Å². The Morgan fingerprint density at radius 2 is 1.00 bits per heavy atom. The predicted octanol–water partition coefficient (Wildman–Crippen LogP) is 7.28. The summed E-state index contributed by atoms with van der Waals surface area (Å²) in [6.45, 7) is 6.56. The van der Waals surface area contributed by atoms with E-state index in [4.69, 9.17) is 5.73 Å². The maximum atomic E-state index is 5.81. The summed E-state index contributed by atoms with van der Waals surface area (Å²) < 4.78 is 1.21. The van der Waals surface area contributed by atoms with Crippen molar-refractivity contribution in [3.05, 3.63) is 162 Å². The summed E-state index contributed by atoms with van der Waals surface area (Å²) in [5.74, 6) is 0. The third kappa shape index (κ3) is 13.0. The first-order chi connectivity index (χ1) is 26.1. The number of hydrogen-bond donors (Lipinski definition) is 4. The molecule has 2 aromatic carbocycles. The number of pyridine rings is 4. The SMILES string of the molecule is Nc1ccc(NCCN(Cc2ccccn2)Cc2ccccn2)cc1S.[B].c1ccc(CN(CCNc2ccc3ncsc3c2)Cc2ccccn2)nc1. The number of thiazole rings is 1. The highest BCUT2D eigenvalue weighted by Gasteiger charge is 2.10. The summed E-state index contributed by atoms with van der Waals surface area (Å²) >= 11 is 6.04. The van der Waals surface area contributed by atoms with Crippen LogP contribution < -0.4 is 16.4 Å². The number of nitrogens with one attached hydrogen (secondary N) is 2. The third-order valence-electron chi connectivity index (χ3n) is 8.32. The van der Waals surface area contributed by atoms with Gasteiger partial charge in [0.25, 0.3) is 0 Å². The molecule has 5 heterocycles. The van der Waals surface area contributed by atoms with Gasteiger partial charge in [0.05, 0.1) is 38.5 Å². The summed E-state index contributed by atoms with van der Waals surface area (Å²) in [6, 6.07) is 36.2. The van der Waals surface area contributed by atoms with Crippen LogP contribution in [0.15, 0.2) is 144 Å². The van der Waals surface area contributed by atoms with Crippen LogP contribution in [0.5, 0.6) is 0 Å². The molecular weight excluding hydrogens is 707 g/mol. The molecule has 3 radical (unpaired) electrons. The molecule has 273 valence electrons. The number of anilines is 3. The highest BCUT2D eigenvalue weighted by molar-refractivity contribution is 7.80. The van der Waals surface area contributed by atoms with E-state index in [-0.39, 0.29) is 8.41 Å². The average molecular weight is 752 g/mol. The Hall–Kier alpha value is -5.34. The van der Waals surface area contributed by atoms with Gasteiger partial charge in [-0.2, -0.15) is 0 Å². The van der Waals surface area contributed by atoms with Gasteiger partial charge in [-0.1, -0.05) is 24.3 Å². The normalized spacial score (nSPS) is 10.8. The zero-order valence-corrected chi connectivity index (χ0v) is 31.8. The second kappa shape index (κ2) is 21.4. The van der Waals surface area contributed by atoms with Crippen molar-refractivity contribution in [1.29, 1.82) is 0 Å². The first-order valence-corrected chi connectivity index (χ1v) is 18.8. The number of hydrogen-bond acceptors (Lipinski definition) is 12. The fourth-order valence-corrected chi connectivity index (χ4v) is 6.58. The third-order valence-corrected chi connectivity index (χ3v) is 9.50. The largest absolute Gasteiger partial charge is 0.398 e. The summed E-state index contributed by atoms with van der Waals surface area (Å²) in [5, 5.41) is 6.95. The number of nitrogens with two attached hydrogens (primary N) is 1. The maximum Gasteiger partial charge on any atom is 0.0813 e. The van der Waals surface area contributed by atoms with Crippen molar-refractivity contribution < 1.29 is 0 Å². The molecule has 13 heteroatoms. The molecule has 0 aliphatic heterocycles. The maximum absolute atomic E-state index is 5.81. The number of nitrogens with zero attached hydrogens (tertiary/aromatic N) is 7. The molecule has 0 aliphatic rings. The number of aromatic nitrogens is 5. The van der Waals surface area contributed by atoms with Crippen molar-refractivity contribution in [1.82, 2.24) is 34.7 Å². The van der Waals surface area contributed by atoms with E-state index in [1.807, 2.05) is 109 Å². The van der Waals surface area contributed by atoms with E-state index in [0.717, 1.165) is 96.9 Å². The van der Waals surface area contributed by atoms with Crippen LogP contribution >= 0.6 is 24.0 Å². The summed E-state index contributed by atoms with van der Waals surface area (Å²) in [4.78, 5) is 27.6. The Bertz CT molecular complexity index is 2010. The predicted molar refractivity (Wildman–Crippen MR) is 226 cm³/mol. The molecule has 0 unspecified atom stereocenters. The number of rotatable bonds is 16. The topological polar surface area (TPSA) is 121 Å². The van der Waals surface area contributed by atoms with E-state index in [2.05, 4.69) is 88.3 Å². The Kier molecular flexibility index (Phi) is 15.8. The van der Waals surface area contributed by atoms with E-state index in [0.29, 0.717) is 5.69 Å². The van der Waals surface area contributed by atoms with Crippen molar-refractivity contribution in [3.8, 4) is 0 Å². The van der Waals surface area contributed by atoms with E-state index in [1.165, 1.54) is 4.70 Å². The number of nitrogen functional groups attached to an aromatic ring is 1. The molecule has 10 nitrogen and oxygen atoms in total. The van der Waals surface area contributed by atoms with E-state index in [1.54, 1.807) is 11.3 Å². The lowest BCUT2D eigenvalue weighted by Crippen LogP contribution is -2.29. The molecule has 0 fully saturated rings. The van der Waals surface area contributed by atoms with Crippen LogP contribution in [0.3, 0.4) is 0 Å². The van der Waals surface area contributed by atoms with Crippen molar-refractivity contribution >= 4 is 59.7 Å². The van der Waals surface area contributed by atoms with E-state index >= 15 is 0 Å². The van der Waals surface area contributed by atoms with Gasteiger partial charge in [0.15, 0.2) is 0 Å². The molecule has 0 atom stereocenters. The average Bonchev–Trinajstić information content (AvgIpc) is 3.66. The van der Waals surface area contributed by atoms with E-state index in [9.17, 15) is 0 Å². The van der Waals surface area contributed by atoms with Gasteiger partial charge in [0, 0.05) is 108 Å². The Labute approximate surface area is 328 Å². The smallest absolute Gasteiger partial charge is 0.0813 e. The van der Waals surface area contributed by atoms with Gasteiger partial charge < -0.3 is 16.4 Å². The molecule has 0 spiro atoms. The lowest BCUT2D eigenvalue weighted by Gasteiger charge is -2.22. The molecule has 4 N–H and O–H groups in total. The zero-order valence-electron chi connectivity index (χ0n) is 30.1. The molecule has 7 aromatic rings. The van der Waals surface area contributed by atoms with Gasteiger partial charge in [0.1, 0.15) is 0 Å². The summed E-state index contributed by atoms with van der Waals surface area (Å²) in [5.41, 5.74) is 15.8. The molecule has 0 amide bonds. The van der Waals surface area contributed by atoms with Gasteiger partial charge in [-0.3, -0.25) is 29.7 Å². The second-order valence-electron chi connectivity index (χ2n) is 12.4. The minimum absolute atomic E-state index is 0. The molecule has 5 aromatic heterocycles. The zero-order chi connectivity index (χ0) is 36.5.